The molecule has 102 valence electrons. The van der Waals surface area contributed by atoms with E-state index in [9.17, 15) is 13.2 Å². The van der Waals surface area contributed by atoms with Gasteiger partial charge < -0.3 is 4.74 Å². The number of alkyl halides is 2. The quantitative estimate of drug-likeness (QED) is 0.459. The topological polar surface area (TPSA) is 47.3 Å². The van der Waals surface area contributed by atoms with Gasteiger partial charge >= 0.3 is 0 Å². The molecule has 0 fully saturated rings. The number of hydrazine groups is 1. The molecule has 0 heterocycles. The van der Waals surface area contributed by atoms with Gasteiger partial charge in [-0.3, -0.25) is 11.3 Å². The van der Waals surface area contributed by atoms with Crippen molar-refractivity contribution in [1.29, 1.82) is 0 Å². The molecule has 3 nitrogen and oxygen atoms in total. The van der Waals surface area contributed by atoms with Crippen LogP contribution in [0.2, 0.25) is 5.02 Å². The number of hydrogen-bond acceptors (Lipinski definition) is 3. The molecule has 0 bridgehead atoms. The highest BCUT2D eigenvalue weighted by Crippen LogP contribution is 2.25. The molecule has 1 aromatic carbocycles. The highest BCUT2D eigenvalue weighted by Gasteiger charge is 2.14. The smallest absolute Gasteiger partial charge is 0.261 e. The van der Waals surface area contributed by atoms with Crippen LogP contribution < -0.4 is 11.3 Å². The Hall–Kier alpha value is -0.820. The van der Waals surface area contributed by atoms with Crippen LogP contribution >= 0.6 is 11.6 Å². The SMILES string of the molecule is NNC(CCOCC(F)F)c1cc(F)ccc1Cl. The average molecular weight is 283 g/mol. The van der Waals surface area contributed by atoms with E-state index in [0.717, 1.165) is 0 Å². The second kappa shape index (κ2) is 7.58. The number of rotatable bonds is 7. The van der Waals surface area contributed by atoms with Crippen LogP contribution in [0.1, 0.15) is 18.0 Å². The van der Waals surface area contributed by atoms with E-state index in [1.807, 2.05) is 0 Å². The zero-order valence-corrected chi connectivity index (χ0v) is 10.3. The van der Waals surface area contributed by atoms with Crippen LogP contribution in [0.5, 0.6) is 0 Å². The van der Waals surface area contributed by atoms with E-state index in [2.05, 4.69) is 5.43 Å². The lowest BCUT2D eigenvalue weighted by Crippen LogP contribution is -2.29. The van der Waals surface area contributed by atoms with E-state index in [0.29, 0.717) is 17.0 Å². The summed E-state index contributed by atoms with van der Waals surface area (Å²) in [6.45, 7) is -0.555. The van der Waals surface area contributed by atoms with Crippen molar-refractivity contribution in [3.63, 3.8) is 0 Å². The minimum atomic E-state index is -2.51. The first-order chi connectivity index (χ1) is 8.54. The van der Waals surface area contributed by atoms with Gasteiger partial charge in [0.05, 0.1) is 0 Å². The second-order valence-corrected chi connectivity index (χ2v) is 4.05. The van der Waals surface area contributed by atoms with Gasteiger partial charge in [0.1, 0.15) is 12.4 Å². The standard InChI is InChI=1S/C11H14ClF3N2O/c12-9-2-1-7(13)5-8(9)10(17-16)3-4-18-6-11(14)15/h1-2,5,10-11,17H,3-4,6,16H2. The maximum absolute atomic E-state index is 13.1. The molecule has 0 aliphatic heterocycles. The molecule has 18 heavy (non-hydrogen) atoms. The molecule has 1 rings (SSSR count). The first-order valence-electron chi connectivity index (χ1n) is 5.31. The molecule has 0 aromatic heterocycles. The molecule has 0 saturated carbocycles. The lowest BCUT2D eigenvalue weighted by Gasteiger charge is -2.17. The van der Waals surface area contributed by atoms with Crippen molar-refractivity contribution in [3.05, 3.63) is 34.6 Å². The van der Waals surface area contributed by atoms with Crippen LogP contribution in [0.3, 0.4) is 0 Å². The van der Waals surface area contributed by atoms with E-state index >= 15 is 0 Å². The predicted octanol–water partition coefficient (Wildman–Crippen LogP) is 2.66. The maximum atomic E-state index is 13.1. The van der Waals surface area contributed by atoms with Crippen molar-refractivity contribution >= 4 is 11.6 Å². The van der Waals surface area contributed by atoms with Crippen LogP contribution in [0.4, 0.5) is 13.2 Å². The van der Waals surface area contributed by atoms with Gasteiger partial charge in [-0.25, -0.2) is 13.2 Å². The number of nitrogens with two attached hydrogens (primary N) is 1. The number of halogens is 4. The molecule has 0 aliphatic carbocycles. The van der Waals surface area contributed by atoms with E-state index in [4.69, 9.17) is 22.2 Å². The molecule has 3 N–H and O–H groups in total. The number of ether oxygens (including phenoxy) is 1. The summed E-state index contributed by atoms with van der Waals surface area (Å²) in [5, 5.41) is 0.355. The van der Waals surface area contributed by atoms with Crippen molar-refractivity contribution in [1.82, 2.24) is 5.43 Å². The van der Waals surface area contributed by atoms with Gasteiger partial charge in [-0.1, -0.05) is 11.6 Å². The first kappa shape index (κ1) is 15.2. The monoisotopic (exact) mass is 282 g/mol. The molecule has 1 atom stereocenters. The maximum Gasteiger partial charge on any atom is 0.261 e. The molecular formula is C11H14ClF3N2O. The highest BCUT2D eigenvalue weighted by atomic mass is 35.5. The average Bonchev–Trinajstić information content (AvgIpc) is 2.33. The van der Waals surface area contributed by atoms with E-state index in [-0.39, 0.29) is 6.61 Å². The summed E-state index contributed by atoms with van der Waals surface area (Å²) in [6, 6.07) is 3.44. The van der Waals surface area contributed by atoms with Crippen molar-refractivity contribution in [3.8, 4) is 0 Å². The Morgan fingerprint density at radius 1 is 1.39 bits per heavy atom. The van der Waals surface area contributed by atoms with Crippen molar-refractivity contribution < 1.29 is 17.9 Å². The summed E-state index contributed by atoms with van der Waals surface area (Å²) >= 11 is 5.91. The highest BCUT2D eigenvalue weighted by molar-refractivity contribution is 6.31. The molecule has 1 unspecified atom stereocenters. The first-order valence-corrected chi connectivity index (χ1v) is 5.69. The van der Waals surface area contributed by atoms with Gasteiger partial charge in [0.25, 0.3) is 6.43 Å². The molecular weight excluding hydrogens is 269 g/mol. The van der Waals surface area contributed by atoms with Gasteiger partial charge in [0.2, 0.25) is 0 Å². The summed E-state index contributed by atoms with van der Waals surface area (Å²) < 4.78 is 41.5. The van der Waals surface area contributed by atoms with Gasteiger partial charge in [-0.2, -0.15) is 0 Å². The Morgan fingerprint density at radius 3 is 2.72 bits per heavy atom. The van der Waals surface area contributed by atoms with Gasteiger partial charge in [-0.05, 0) is 30.2 Å². The molecule has 0 spiro atoms. The minimum absolute atomic E-state index is 0.0754. The Bertz CT molecular complexity index is 379. The lowest BCUT2D eigenvalue weighted by molar-refractivity contribution is 0.0143. The third-order valence-electron chi connectivity index (χ3n) is 2.33. The molecule has 0 saturated heterocycles. The zero-order valence-electron chi connectivity index (χ0n) is 9.51. The fourth-order valence-corrected chi connectivity index (χ4v) is 1.73. The number of hydrogen-bond donors (Lipinski definition) is 2. The summed E-state index contributed by atoms with van der Waals surface area (Å²) in [4.78, 5) is 0. The third kappa shape index (κ3) is 4.81. The Morgan fingerprint density at radius 2 is 2.11 bits per heavy atom. The van der Waals surface area contributed by atoms with E-state index in [1.54, 1.807) is 0 Å². The Labute approximate surface area is 108 Å². The van der Waals surface area contributed by atoms with Crippen molar-refractivity contribution in [2.45, 2.75) is 18.9 Å². The van der Waals surface area contributed by atoms with Crippen LogP contribution in [-0.4, -0.2) is 19.6 Å². The van der Waals surface area contributed by atoms with Crippen molar-refractivity contribution in [2.24, 2.45) is 5.84 Å². The van der Waals surface area contributed by atoms with Crippen molar-refractivity contribution in [2.75, 3.05) is 13.2 Å². The zero-order chi connectivity index (χ0) is 13.5. The normalized spacial score (nSPS) is 13.0. The lowest BCUT2D eigenvalue weighted by atomic mass is 10.0. The predicted molar refractivity (Wildman–Crippen MR) is 62.9 cm³/mol. The summed E-state index contributed by atoms with van der Waals surface area (Å²) in [6.07, 6.45) is -2.20. The minimum Gasteiger partial charge on any atom is -0.375 e. The molecule has 0 radical (unpaired) electrons. The Balaban J connectivity index is 2.57. The Kier molecular flexibility index (Phi) is 6.42. The van der Waals surface area contributed by atoms with Crippen LogP contribution in [0.25, 0.3) is 0 Å². The van der Waals surface area contributed by atoms with Crippen LogP contribution in [0, 0.1) is 5.82 Å². The van der Waals surface area contributed by atoms with Gasteiger partial charge in [-0.15, -0.1) is 0 Å². The largest absolute Gasteiger partial charge is 0.375 e. The molecule has 1 aromatic rings. The molecule has 0 amide bonds. The molecule has 7 heteroatoms. The summed E-state index contributed by atoms with van der Waals surface area (Å²) in [7, 11) is 0. The van der Waals surface area contributed by atoms with Gasteiger partial charge in [0.15, 0.2) is 0 Å². The molecule has 0 aliphatic rings. The van der Waals surface area contributed by atoms with E-state index in [1.165, 1.54) is 18.2 Å². The summed E-state index contributed by atoms with van der Waals surface area (Å²) in [5.74, 6) is 4.89. The number of benzene rings is 1. The fraction of sp³-hybridized carbons (Fsp3) is 0.455. The van der Waals surface area contributed by atoms with E-state index < -0.39 is 24.9 Å². The summed E-state index contributed by atoms with van der Waals surface area (Å²) in [5.41, 5.74) is 2.93. The fourth-order valence-electron chi connectivity index (χ4n) is 1.48. The van der Waals surface area contributed by atoms with Crippen LogP contribution in [-0.2, 0) is 4.74 Å². The third-order valence-corrected chi connectivity index (χ3v) is 2.67. The number of nitrogens with one attached hydrogen (secondary N) is 1. The van der Waals surface area contributed by atoms with Gasteiger partial charge in [0, 0.05) is 17.7 Å². The second-order valence-electron chi connectivity index (χ2n) is 3.64. The van der Waals surface area contributed by atoms with Crippen LogP contribution in [0.15, 0.2) is 18.2 Å².